The molecule has 2 aromatic rings. The summed E-state index contributed by atoms with van der Waals surface area (Å²) in [6, 6.07) is 9.23. The van der Waals surface area contributed by atoms with Crippen LogP contribution in [0, 0.1) is 0 Å². The van der Waals surface area contributed by atoms with E-state index in [1.165, 1.54) is 24.5 Å². The number of aromatic carboxylic acids is 1. The first-order chi connectivity index (χ1) is 8.66. The topological polar surface area (TPSA) is 79.3 Å². The van der Waals surface area contributed by atoms with E-state index in [1.54, 1.807) is 24.3 Å². The minimum absolute atomic E-state index is 0.127. The number of rotatable bonds is 3. The number of hydrogen-bond donors (Lipinski definition) is 2. The Morgan fingerprint density at radius 1 is 1.06 bits per heavy atom. The number of pyridine rings is 1. The number of carboxylic acids is 1. The summed E-state index contributed by atoms with van der Waals surface area (Å²) >= 11 is 0. The minimum Gasteiger partial charge on any atom is -0.478 e. The number of carboxylic acid groups (broad SMARTS) is 1. The summed E-state index contributed by atoms with van der Waals surface area (Å²) in [6.07, 6.45) is 3.03. The summed E-state index contributed by atoms with van der Waals surface area (Å²) in [5.41, 5.74) is 1.03. The van der Waals surface area contributed by atoms with Crippen LogP contribution in [0.2, 0.25) is 0 Å². The Bertz CT molecular complexity index is 582. The van der Waals surface area contributed by atoms with Gasteiger partial charge < -0.3 is 10.4 Å². The highest BCUT2D eigenvalue weighted by atomic mass is 16.4. The van der Waals surface area contributed by atoms with Crippen LogP contribution in [0.4, 0.5) is 5.69 Å². The van der Waals surface area contributed by atoms with Crippen LogP contribution in [0.15, 0.2) is 48.8 Å². The molecule has 18 heavy (non-hydrogen) atoms. The van der Waals surface area contributed by atoms with Crippen molar-refractivity contribution in [3.63, 3.8) is 0 Å². The Labute approximate surface area is 103 Å². The van der Waals surface area contributed by atoms with E-state index in [-0.39, 0.29) is 11.5 Å². The van der Waals surface area contributed by atoms with Gasteiger partial charge in [0.05, 0.1) is 5.56 Å². The molecule has 1 aromatic heterocycles. The normalized spacial score (nSPS) is 9.78. The molecule has 1 amide bonds. The Hall–Kier alpha value is -2.69. The summed E-state index contributed by atoms with van der Waals surface area (Å²) in [7, 11) is 0. The van der Waals surface area contributed by atoms with E-state index in [0.717, 1.165) is 0 Å². The molecule has 1 aromatic carbocycles. The minimum atomic E-state index is -1.03. The summed E-state index contributed by atoms with van der Waals surface area (Å²) in [4.78, 5) is 26.4. The molecule has 0 aliphatic rings. The molecule has 0 aliphatic carbocycles. The first kappa shape index (κ1) is 11.8. The molecule has 0 fully saturated rings. The van der Waals surface area contributed by atoms with E-state index in [4.69, 9.17) is 5.11 Å². The number of carbonyl (C=O) groups is 2. The van der Waals surface area contributed by atoms with E-state index in [0.29, 0.717) is 11.3 Å². The lowest BCUT2D eigenvalue weighted by atomic mass is 10.2. The van der Waals surface area contributed by atoms with Crippen molar-refractivity contribution in [2.75, 3.05) is 5.32 Å². The lowest BCUT2D eigenvalue weighted by Crippen LogP contribution is -2.12. The zero-order valence-electron chi connectivity index (χ0n) is 9.33. The largest absolute Gasteiger partial charge is 0.478 e. The Morgan fingerprint density at radius 3 is 2.44 bits per heavy atom. The average molecular weight is 242 g/mol. The highest BCUT2D eigenvalue weighted by Crippen LogP contribution is 2.12. The molecular weight excluding hydrogens is 232 g/mol. The fourth-order valence-electron chi connectivity index (χ4n) is 1.44. The SMILES string of the molecule is O=C(O)c1cccc(NC(=O)c2ccncc2)c1. The molecule has 0 bridgehead atoms. The van der Waals surface area contributed by atoms with Gasteiger partial charge in [-0.25, -0.2) is 4.79 Å². The molecule has 5 nitrogen and oxygen atoms in total. The average Bonchev–Trinajstić information content (AvgIpc) is 2.40. The van der Waals surface area contributed by atoms with Gasteiger partial charge in [-0.1, -0.05) is 6.07 Å². The zero-order valence-corrected chi connectivity index (χ0v) is 9.33. The van der Waals surface area contributed by atoms with E-state index >= 15 is 0 Å². The molecule has 90 valence electrons. The van der Waals surface area contributed by atoms with Gasteiger partial charge >= 0.3 is 5.97 Å². The molecule has 5 heteroatoms. The van der Waals surface area contributed by atoms with Crippen LogP contribution < -0.4 is 5.32 Å². The number of aromatic nitrogens is 1. The smallest absolute Gasteiger partial charge is 0.335 e. The molecule has 0 aliphatic heterocycles. The van der Waals surface area contributed by atoms with Gasteiger partial charge in [-0.15, -0.1) is 0 Å². The van der Waals surface area contributed by atoms with E-state index < -0.39 is 5.97 Å². The number of carbonyl (C=O) groups excluding carboxylic acids is 1. The molecule has 0 unspecified atom stereocenters. The first-order valence-corrected chi connectivity index (χ1v) is 5.21. The summed E-state index contributed by atoms with van der Waals surface area (Å²) in [5.74, 6) is -1.34. The van der Waals surface area contributed by atoms with Crippen molar-refractivity contribution in [1.82, 2.24) is 4.98 Å². The van der Waals surface area contributed by atoms with Crippen molar-refractivity contribution in [3.05, 3.63) is 59.9 Å². The van der Waals surface area contributed by atoms with Gasteiger partial charge in [-0.05, 0) is 30.3 Å². The number of hydrogen-bond acceptors (Lipinski definition) is 3. The van der Waals surface area contributed by atoms with Crippen LogP contribution in [0.5, 0.6) is 0 Å². The van der Waals surface area contributed by atoms with Crippen molar-refractivity contribution in [1.29, 1.82) is 0 Å². The quantitative estimate of drug-likeness (QED) is 0.863. The Morgan fingerprint density at radius 2 is 1.78 bits per heavy atom. The fourth-order valence-corrected chi connectivity index (χ4v) is 1.44. The summed E-state index contributed by atoms with van der Waals surface area (Å²) < 4.78 is 0. The highest BCUT2D eigenvalue weighted by Gasteiger charge is 2.07. The van der Waals surface area contributed by atoms with Crippen LogP contribution in [-0.4, -0.2) is 22.0 Å². The van der Waals surface area contributed by atoms with Crippen LogP contribution >= 0.6 is 0 Å². The highest BCUT2D eigenvalue weighted by molar-refractivity contribution is 6.04. The molecular formula is C13H10N2O3. The van der Waals surface area contributed by atoms with Crippen molar-refractivity contribution < 1.29 is 14.7 Å². The lowest BCUT2D eigenvalue weighted by Gasteiger charge is -2.05. The third kappa shape index (κ3) is 2.70. The van der Waals surface area contributed by atoms with E-state index in [1.807, 2.05) is 0 Å². The zero-order chi connectivity index (χ0) is 13.0. The van der Waals surface area contributed by atoms with Gasteiger partial charge in [0, 0.05) is 23.6 Å². The van der Waals surface area contributed by atoms with Crippen molar-refractivity contribution in [3.8, 4) is 0 Å². The van der Waals surface area contributed by atoms with E-state index in [2.05, 4.69) is 10.3 Å². The maximum Gasteiger partial charge on any atom is 0.335 e. The molecule has 0 saturated heterocycles. The molecule has 1 heterocycles. The standard InChI is InChI=1S/C13H10N2O3/c16-12(9-4-6-14-7-5-9)15-11-3-1-2-10(8-11)13(17)18/h1-8H,(H,15,16)(H,17,18). The van der Waals surface area contributed by atoms with Crippen LogP contribution in [0.25, 0.3) is 0 Å². The molecule has 2 N–H and O–H groups in total. The maximum absolute atomic E-state index is 11.8. The number of nitrogens with zero attached hydrogens (tertiary/aromatic N) is 1. The number of amides is 1. The van der Waals surface area contributed by atoms with Gasteiger partial charge in [0.15, 0.2) is 0 Å². The second kappa shape index (κ2) is 5.09. The van der Waals surface area contributed by atoms with Crippen LogP contribution in [-0.2, 0) is 0 Å². The molecule has 0 spiro atoms. The maximum atomic E-state index is 11.8. The predicted molar refractivity (Wildman–Crippen MR) is 65.6 cm³/mol. The number of anilines is 1. The summed E-state index contributed by atoms with van der Waals surface area (Å²) in [5, 5.41) is 11.5. The molecule has 0 radical (unpaired) electrons. The van der Waals surface area contributed by atoms with Gasteiger partial charge in [0.2, 0.25) is 0 Å². The summed E-state index contributed by atoms with van der Waals surface area (Å²) in [6.45, 7) is 0. The van der Waals surface area contributed by atoms with Gasteiger partial charge in [0.1, 0.15) is 0 Å². The number of benzene rings is 1. The molecule has 0 saturated carbocycles. The van der Waals surface area contributed by atoms with Gasteiger partial charge in [-0.3, -0.25) is 9.78 Å². The molecule has 0 atom stereocenters. The third-order valence-electron chi connectivity index (χ3n) is 2.31. The lowest BCUT2D eigenvalue weighted by molar-refractivity contribution is 0.0696. The first-order valence-electron chi connectivity index (χ1n) is 5.21. The van der Waals surface area contributed by atoms with E-state index in [9.17, 15) is 9.59 Å². The van der Waals surface area contributed by atoms with Crippen LogP contribution in [0.1, 0.15) is 20.7 Å². The van der Waals surface area contributed by atoms with Crippen LogP contribution in [0.3, 0.4) is 0 Å². The Kier molecular flexibility index (Phi) is 3.33. The Balaban J connectivity index is 2.17. The van der Waals surface area contributed by atoms with Gasteiger partial charge in [-0.2, -0.15) is 0 Å². The van der Waals surface area contributed by atoms with Crippen molar-refractivity contribution in [2.24, 2.45) is 0 Å². The van der Waals surface area contributed by atoms with Gasteiger partial charge in [0.25, 0.3) is 5.91 Å². The predicted octanol–water partition coefficient (Wildman–Crippen LogP) is 2.03. The molecule has 2 rings (SSSR count). The number of nitrogens with one attached hydrogen (secondary N) is 1. The fraction of sp³-hybridized carbons (Fsp3) is 0. The van der Waals surface area contributed by atoms with Crippen molar-refractivity contribution in [2.45, 2.75) is 0 Å². The monoisotopic (exact) mass is 242 g/mol. The van der Waals surface area contributed by atoms with Crippen molar-refractivity contribution >= 4 is 17.6 Å². The second-order valence-corrected chi connectivity index (χ2v) is 3.58. The third-order valence-corrected chi connectivity index (χ3v) is 2.31. The second-order valence-electron chi connectivity index (χ2n) is 3.58.